The third-order valence-electron chi connectivity index (χ3n) is 5.21. The van der Waals surface area contributed by atoms with Gasteiger partial charge in [0.1, 0.15) is 5.75 Å². The minimum atomic E-state index is -4.78. The molecule has 0 unspecified atom stereocenters. The fourth-order valence-corrected chi connectivity index (χ4v) is 4.67. The number of fused-ring (bicyclic) bond motifs is 1. The summed E-state index contributed by atoms with van der Waals surface area (Å²) in [4.78, 5) is 28.8. The summed E-state index contributed by atoms with van der Waals surface area (Å²) in [5, 5.41) is 5.76. The van der Waals surface area contributed by atoms with E-state index in [1.165, 1.54) is 18.2 Å². The predicted octanol–water partition coefficient (Wildman–Crippen LogP) is 4.06. The van der Waals surface area contributed by atoms with Crippen LogP contribution in [0.2, 0.25) is 0 Å². The standard InChI is InChI=1S/C20H23F3N4O3S/c1-12(24)17(29)25-11-19(7-3-2-4-8-19)10-16(28)27-18-26-14-6-5-13(9-15(14)31-18)30-20(21,22)23/h5-6,9H,1-4,7-8,10-11,24H2,(H,25,29)(H,26,27,28). The van der Waals surface area contributed by atoms with Crippen LogP contribution in [0.15, 0.2) is 30.5 Å². The minimum Gasteiger partial charge on any atom is -0.406 e. The molecule has 1 aliphatic rings. The molecule has 0 saturated heterocycles. The summed E-state index contributed by atoms with van der Waals surface area (Å²) in [6.07, 6.45) is -0.0453. The van der Waals surface area contributed by atoms with Gasteiger partial charge in [-0.05, 0) is 30.4 Å². The van der Waals surface area contributed by atoms with Crippen LogP contribution in [-0.2, 0) is 9.59 Å². The van der Waals surface area contributed by atoms with E-state index in [1.807, 2.05) is 0 Å². The second kappa shape index (κ2) is 9.13. The largest absolute Gasteiger partial charge is 0.573 e. The van der Waals surface area contributed by atoms with Gasteiger partial charge in [-0.3, -0.25) is 9.59 Å². The Hall–Kier alpha value is -2.82. The maximum Gasteiger partial charge on any atom is 0.573 e. The number of amides is 2. The highest BCUT2D eigenvalue weighted by molar-refractivity contribution is 7.22. The van der Waals surface area contributed by atoms with E-state index in [-0.39, 0.29) is 28.9 Å². The Morgan fingerprint density at radius 1 is 1.26 bits per heavy atom. The van der Waals surface area contributed by atoms with Crippen molar-refractivity contribution in [2.75, 3.05) is 11.9 Å². The second-order valence-electron chi connectivity index (χ2n) is 7.69. The first-order chi connectivity index (χ1) is 14.6. The summed E-state index contributed by atoms with van der Waals surface area (Å²) >= 11 is 1.06. The van der Waals surface area contributed by atoms with Gasteiger partial charge in [-0.2, -0.15) is 0 Å². The molecular weight excluding hydrogens is 433 g/mol. The maximum absolute atomic E-state index is 12.7. The highest BCUT2D eigenvalue weighted by Gasteiger charge is 2.35. The van der Waals surface area contributed by atoms with E-state index < -0.39 is 17.7 Å². The summed E-state index contributed by atoms with van der Waals surface area (Å²) in [5.41, 5.74) is 5.39. The zero-order valence-electron chi connectivity index (χ0n) is 16.7. The smallest absolute Gasteiger partial charge is 0.406 e. The number of anilines is 1. The SMILES string of the molecule is C=C(N)C(=O)NCC1(CC(=O)Nc2nc3ccc(OC(F)(F)F)cc3s2)CCCCC1. The van der Waals surface area contributed by atoms with Crippen LogP contribution in [0.5, 0.6) is 5.75 Å². The summed E-state index contributed by atoms with van der Waals surface area (Å²) in [6, 6.07) is 3.81. The van der Waals surface area contributed by atoms with Crippen molar-refractivity contribution >= 4 is 38.5 Å². The monoisotopic (exact) mass is 456 g/mol. The Morgan fingerprint density at radius 3 is 2.61 bits per heavy atom. The lowest BCUT2D eigenvalue weighted by atomic mass is 9.71. The van der Waals surface area contributed by atoms with E-state index in [1.54, 1.807) is 0 Å². The first-order valence-corrected chi connectivity index (χ1v) is 10.6. The normalized spacial score (nSPS) is 16.0. The molecule has 1 aliphatic carbocycles. The highest BCUT2D eigenvalue weighted by Crippen LogP contribution is 2.39. The minimum absolute atomic E-state index is 0.0845. The molecule has 0 atom stereocenters. The van der Waals surface area contributed by atoms with Crippen molar-refractivity contribution in [2.45, 2.75) is 44.9 Å². The average molecular weight is 456 g/mol. The first kappa shape index (κ1) is 22.9. The second-order valence-corrected chi connectivity index (χ2v) is 8.72. The van der Waals surface area contributed by atoms with Gasteiger partial charge in [0.15, 0.2) is 5.13 Å². The van der Waals surface area contributed by atoms with E-state index >= 15 is 0 Å². The Labute approximate surface area is 180 Å². The van der Waals surface area contributed by atoms with Crippen LogP contribution in [0.1, 0.15) is 38.5 Å². The Morgan fingerprint density at radius 2 is 1.97 bits per heavy atom. The van der Waals surface area contributed by atoms with Crippen LogP contribution in [-0.4, -0.2) is 29.7 Å². The van der Waals surface area contributed by atoms with Gasteiger partial charge in [0, 0.05) is 19.0 Å². The van der Waals surface area contributed by atoms with E-state index in [2.05, 4.69) is 26.9 Å². The van der Waals surface area contributed by atoms with E-state index in [4.69, 9.17) is 5.73 Å². The number of hydrogen-bond acceptors (Lipinski definition) is 6. The molecule has 0 aliphatic heterocycles. The van der Waals surface area contributed by atoms with Crippen LogP contribution in [0.25, 0.3) is 10.2 Å². The zero-order valence-corrected chi connectivity index (χ0v) is 17.5. The molecule has 3 rings (SSSR count). The third kappa shape index (κ3) is 6.33. The summed E-state index contributed by atoms with van der Waals surface area (Å²) in [6.45, 7) is 3.73. The summed E-state index contributed by atoms with van der Waals surface area (Å²) in [5.74, 6) is -1.07. The number of halogens is 3. The molecule has 1 heterocycles. The number of ether oxygens (including phenoxy) is 1. The quantitative estimate of drug-likeness (QED) is 0.545. The van der Waals surface area contributed by atoms with Crippen LogP contribution in [0, 0.1) is 5.41 Å². The Balaban J connectivity index is 1.68. The third-order valence-corrected chi connectivity index (χ3v) is 6.14. The van der Waals surface area contributed by atoms with Crippen LogP contribution in [0.3, 0.4) is 0 Å². The van der Waals surface area contributed by atoms with Crippen molar-refractivity contribution in [3.05, 3.63) is 30.5 Å². The Bertz CT molecular complexity index is 984. The summed E-state index contributed by atoms with van der Waals surface area (Å²) in [7, 11) is 0. The molecule has 1 fully saturated rings. The van der Waals surface area contributed by atoms with Crippen LogP contribution < -0.4 is 21.1 Å². The van der Waals surface area contributed by atoms with Crippen LogP contribution >= 0.6 is 11.3 Å². The van der Waals surface area contributed by atoms with E-state index in [9.17, 15) is 22.8 Å². The molecule has 7 nitrogen and oxygen atoms in total. The molecule has 0 spiro atoms. The van der Waals surface area contributed by atoms with Crippen molar-refractivity contribution < 1.29 is 27.5 Å². The number of alkyl halides is 3. The van der Waals surface area contributed by atoms with Crippen molar-refractivity contribution in [1.29, 1.82) is 0 Å². The topological polar surface area (TPSA) is 106 Å². The first-order valence-electron chi connectivity index (χ1n) is 9.74. The van der Waals surface area contributed by atoms with Gasteiger partial charge in [-0.15, -0.1) is 13.2 Å². The van der Waals surface area contributed by atoms with Crippen LogP contribution in [0.4, 0.5) is 18.3 Å². The molecule has 2 amide bonds. The van der Waals surface area contributed by atoms with Gasteiger partial charge in [0.05, 0.1) is 15.9 Å². The molecule has 11 heteroatoms. The number of aromatic nitrogens is 1. The van der Waals surface area contributed by atoms with Crippen molar-refractivity contribution in [2.24, 2.45) is 11.1 Å². The number of benzene rings is 1. The number of carbonyl (C=O) groups is 2. The predicted molar refractivity (Wildman–Crippen MR) is 111 cm³/mol. The number of hydrogen-bond donors (Lipinski definition) is 3. The van der Waals surface area contributed by atoms with E-state index in [0.717, 1.165) is 43.4 Å². The highest BCUT2D eigenvalue weighted by atomic mass is 32.1. The lowest BCUT2D eigenvalue weighted by Crippen LogP contribution is -2.42. The molecule has 168 valence electrons. The van der Waals surface area contributed by atoms with Gasteiger partial charge in [-0.25, -0.2) is 4.98 Å². The number of nitrogens with one attached hydrogen (secondary N) is 2. The Kier molecular flexibility index (Phi) is 6.73. The number of nitrogens with zero attached hydrogens (tertiary/aromatic N) is 1. The molecule has 1 aromatic heterocycles. The molecule has 4 N–H and O–H groups in total. The van der Waals surface area contributed by atoms with Gasteiger partial charge in [0.2, 0.25) is 5.91 Å². The lowest BCUT2D eigenvalue weighted by molar-refractivity contribution is -0.274. The number of nitrogens with two attached hydrogens (primary N) is 1. The van der Waals surface area contributed by atoms with E-state index in [0.29, 0.717) is 16.8 Å². The molecule has 1 aromatic carbocycles. The molecule has 0 radical (unpaired) electrons. The molecule has 31 heavy (non-hydrogen) atoms. The van der Waals surface area contributed by atoms with Gasteiger partial charge < -0.3 is 21.1 Å². The number of thiazole rings is 1. The molecule has 0 bridgehead atoms. The van der Waals surface area contributed by atoms with Gasteiger partial charge in [0.25, 0.3) is 5.91 Å². The fourth-order valence-electron chi connectivity index (χ4n) is 3.76. The van der Waals surface area contributed by atoms with Gasteiger partial charge in [-0.1, -0.05) is 37.2 Å². The zero-order chi connectivity index (χ0) is 22.6. The van der Waals surface area contributed by atoms with Crippen molar-refractivity contribution in [3.63, 3.8) is 0 Å². The number of carbonyl (C=O) groups excluding carboxylic acids is 2. The molecule has 1 saturated carbocycles. The average Bonchev–Trinajstić information content (AvgIpc) is 3.06. The molecular formula is C20H23F3N4O3S. The fraction of sp³-hybridized carbons (Fsp3) is 0.450. The van der Waals surface area contributed by atoms with Gasteiger partial charge >= 0.3 is 6.36 Å². The summed E-state index contributed by atoms with van der Waals surface area (Å²) < 4.78 is 41.6. The number of rotatable bonds is 7. The molecule has 2 aromatic rings. The lowest BCUT2D eigenvalue weighted by Gasteiger charge is -2.37. The van der Waals surface area contributed by atoms with Crippen molar-refractivity contribution in [1.82, 2.24) is 10.3 Å². The van der Waals surface area contributed by atoms with Crippen molar-refractivity contribution in [3.8, 4) is 5.75 Å². The maximum atomic E-state index is 12.7.